The third-order valence-electron chi connectivity index (χ3n) is 3.74. The van der Waals surface area contributed by atoms with Crippen LogP contribution in [-0.4, -0.2) is 45.9 Å². The second-order valence-electron chi connectivity index (χ2n) is 5.60. The van der Waals surface area contributed by atoms with Crippen LogP contribution in [0.3, 0.4) is 0 Å². The second kappa shape index (κ2) is 7.60. The molecule has 0 aliphatic carbocycles. The highest BCUT2D eigenvalue weighted by molar-refractivity contribution is 5.89. The van der Waals surface area contributed by atoms with Crippen LogP contribution in [0.5, 0.6) is 11.5 Å². The average Bonchev–Trinajstić information content (AvgIpc) is 3.37. The van der Waals surface area contributed by atoms with Crippen LogP contribution in [0.1, 0.15) is 0 Å². The summed E-state index contributed by atoms with van der Waals surface area (Å²) in [6, 6.07) is 10.3. The van der Waals surface area contributed by atoms with Crippen LogP contribution in [0, 0.1) is 0 Å². The molecule has 1 aliphatic rings. The van der Waals surface area contributed by atoms with E-state index in [0.717, 1.165) is 0 Å². The monoisotopic (exact) mass is 367 g/mol. The van der Waals surface area contributed by atoms with Crippen molar-refractivity contribution in [2.24, 2.45) is 0 Å². The van der Waals surface area contributed by atoms with Crippen LogP contribution in [0.2, 0.25) is 0 Å². The van der Waals surface area contributed by atoms with Crippen molar-refractivity contribution in [1.82, 2.24) is 25.3 Å². The van der Waals surface area contributed by atoms with Crippen molar-refractivity contribution < 1.29 is 14.3 Å². The number of amides is 2. The molecular formula is C17H17N7O3. The Kier molecular flexibility index (Phi) is 4.68. The van der Waals surface area contributed by atoms with Crippen molar-refractivity contribution in [2.45, 2.75) is 0 Å². The van der Waals surface area contributed by atoms with E-state index in [2.05, 4.69) is 31.2 Å². The van der Waals surface area contributed by atoms with Gasteiger partial charge in [0.25, 0.3) is 0 Å². The van der Waals surface area contributed by atoms with Gasteiger partial charge in [0.1, 0.15) is 5.82 Å². The number of urea groups is 1. The summed E-state index contributed by atoms with van der Waals surface area (Å²) in [4.78, 5) is 11.9. The first-order chi connectivity index (χ1) is 13.3. The van der Waals surface area contributed by atoms with Gasteiger partial charge in [0.2, 0.25) is 6.79 Å². The van der Waals surface area contributed by atoms with Crippen molar-refractivity contribution in [3.05, 3.63) is 48.8 Å². The van der Waals surface area contributed by atoms with Crippen LogP contribution < -0.4 is 25.4 Å². The Hall–Kier alpha value is -3.82. The van der Waals surface area contributed by atoms with E-state index in [1.54, 1.807) is 41.3 Å². The zero-order valence-corrected chi connectivity index (χ0v) is 14.3. The van der Waals surface area contributed by atoms with Crippen molar-refractivity contribution in [2.75, 3.05) is 30.5 Å². The van der Waals surface area contributed by atoms with Crippen molar-refractivity contribution in [3.63, 3.8) is 0 Å². The maximum Gasteiger partial charge on any atom is 0.319 e. The summed E-state index contributed by atoms with van der Waals surface area (Å²) in [7, 11) is 0. The molecule has 0 unspecified atom stereocenters. The minimum atomic E-state index is -0.309. The molecule has 1 aliphatic heterocycles. The number of hydrogen-bond acceptors (Lipinski definition) is 7. The number of benzene rings is 1. The fraction of sp³-hybridized carbons (Fsp3) is 0.176. The molecule has 2 aromatic heterocycles. The molecule has 27 heavy (non-hydrogen) atoms. The van der Waals surface area contributed by atoms with Crippen LogP contribution in [0.25, 0.3) is 5.82 Å². The molecule has 0 radical (unpaired) electrons. The van der Waals surface area contributed by atoms with E-state index in [9.17, 15) is 4.79 Å². The number of rotatable bonds is 6. The van der Waals surface area contributed by atoms with Gasteiger partial charge in [-0.05, 0) is 30.3 Å². The SMILES string of the molecule is O=C(NCCNc1ccc(-n2cccn2)nn1)Nc1ccc2c(c1)OCO2. The lowest BCUT2D eigenvalue weighted by Gasteiger charge is -2.09. The van der Waals surface area contributed by atoms with Crippen LogP contribution in [0.15, 0.2) is 48.8 Å². The molecule has 0 saturated heterocycles. The molecule has 138 valence electrons. The molecule has 0 spiro atoms. The summed E-state index contributed by atoms with van der Waals surface area (Å²) in [5.74, 6) is 2.53. The van der Waals surface area contributed by atoms with Crippen LogP contribution in [-0.2, 0) is 0 Å². The number of fused-ring (bicyclic) bond motifs is 1. The van der Waals surface area contributed by atoms with Gasteiger partial charge in [-0.3, -0.25) is 0 Å². The van der Waals surface area contributed by atoms with Crippen molar-refractivity contribution in [3.8, 4) is 17.3 Å². The quantitative estimate of drug-likeness (QED) is 0.567. The zero-order valence-electron chi connectivity index (χ0n) is 14.3. The predicted molar refractivity (Wildman–Crippen MR) is 97.2 cm³/mol. The Morgan fingerprint density at radius 1 is 1.11 bits per heavy atom. The minimum absolute atomic E-state index is 0.197. The molecule has 0 fully saturated rings. The summed E-state index contributed by atoms with van der Waals surface area (Å²) >= 11 is 0. The fourth-order valence-electron chi connectivity index (χ4n) is 2.46. The molecule has 0 bridgehead atoms. The third kappa shape index (κ3) is 4.06. The molecule has 2 amide bonds. The van der Waals surface area contributed by atoms with Gasteiger partial charge in [-0.1, -0.05) is 0 Å². The summed E-state index contributed by atoms with van der Waals surface area (Å²) in [6.07, 6.45) is 3.47. The Morgan fingerprint density at radius 3 is 2.85 bits per heavy atom. The average molecular weight is 367 g/mol. The maximum atomic E-state index is 11.9. The van der Waals surface area contributed by atoms with Gasteiger partial charge in [-0.25, -0.2) is 9.48 Å². The number of carbonyl (C=O) groups excluding carboxylic acids is 1. The highest BCUT2D eigenvalue weighted by Gasteiger charge is 2.13. The lowest BCUT2D eigenvalue weighted by Crippen LogP contribution is -2.32. The van der Waals surface area contributed by atoms with Gasteiger partial charge in [0, 0.05) is 37.2 Å². The second-order valence-corrected chi connectivity index (χ2v) is 5.60. The molecule has 0 atom stereocenters. The number of ether oxygens (including phenoxy) is 2. The predicted octanol–water partition coefficient (Wildman–Crippen LogP) is 1.62. The van der Waals surface area contributed by atoms with E-state index in [-0.39, 0.29) is 12.8 Å². The molecule has 0 saturated carbocycles. The van der Waals surface area contributed by atoms with Gasteiger partial charge in [-0.2, -0.15) is 5.10 Å². The number of hydrogen-bond donors (Lipinski definition) is 3. The topological polar surface area (TPSA) is 115 Å². The van der Waals surface area contributed by atoms with E-state index >= 15 is 0 Å². The van der Waals surface area contributed by atoms with Gasteiger partial charge in [0.05, 0.1) is 0 Å². The number of aromatic nitrogens is 4. The van der Waals surface area contributed by atoms with E-state index in [4.69, 9.17) is 9.47 Å². The first-order valence-corrected chi connectivity index (χ1v) is 8.30. The molecule has 1 aromatic carbocycles. The molecule has 4 rings (SSSR count). The summed E-state index contributed by atoms with van der Waals surface area (Å²) in [5, 5.41) is 20.8. The number of anilines is 2. The van der Waals surface area contributed by atoms with Gasteiger partial charge >= 0.3 is 6.03 Å². The standard InChI is InChI=1S/C17H17N7O3/c25-17(21-12-2-3-13-14(10-12)27-11-26-13)19-8-7-18-15-4-5-16(23-22-15)24-9-1-6-20-24/h1-6,9-10H,7-8,11H2,(H,18,22)(H2,19,21,25). The number of nitrogens with one attached hydrogen (secondary N) is 3. The van der Waals surface area contributed by atoms with E-state index < -0.39 is 0 Å². The largest absolute Gasteiger partial charge is 0.454 e. The van der Waals surface area contributed by atoms with Crippen molar-refractivity contribution in [1.29, 1.82) is 0 Å². The third-order valence-corrected chi connectivity index (χ3v) is 3.74. The minimum Gasteiger partial charge on any atom is -0.454 e. The number of carbonyl (C=O) groups is 1. The van der Waals surface area contributed by atoms with Crippen LogP contribution >= 0.6 is 0 Å². The molecule has 10 heteroatoms. The molecule has 3 N–H and O–H groups in total. The van der Waals surface area contributed by atoms with Gasteiger partial charge in [0.15, 0.2) is 17.3 Å². The summed E-state index contributed by atoms with van der Waals surface area (Å²) in [6.45, 7) is 1.12. The Balaban J connectivity index is 1.20. The molecular weight excluding hydrogens is 350 g/mol. The van der Waals surface area contributed by atoms with E-state index in [1.807, 2.05) is 12.1 Å². The van der Waals surface area contributed by atoms with E-state index in [1.165, 1.54) is 0 Å². The summed E-state index contributed by atoms with van der Waals surface area (Å²) < 4.78 is 12.1. The normalized spacial score (nSPS) is 11.9. The smallest absolute Gasteiger partial charge is 0.319 e. The van der Waals surface area contributed by atoms with E-state index in [0.29, 0.717) is 41.9 Å². The lowest BCUT2D eigenvalue weighted by atomic mass is 10.3. The highest BCUT2D eigenvalue weighted by Crippen LogP contribution is 2.34. The lowest BCUT2D eigenvalue weighted by molar-refractivity contribution is 0.174. The van der Waals surface area contributed by atoms with Crippen molar-refractivity contribution >= 4 is 17.5 Å². The maximum absolute atomic E-state index is 11.9. The Labute approximate surface area is 154 Å². The number of nitrogens with zero attached hydrogens (tertiary/aromatic N) is 4. The molecule has 10 nitrogen and oxygen atoms in total. The molecule has 3 heterocycles. The highest BCUT2D eigenvalue weighted by atomic mass is 16.7. The van der Waals surface area contributed by atoms with Gasteiger partial charge in [-0.15, -0.1) is 10.2 Å². The Bertz CT molecular complexity index is 913. The van der Waals surface area contributed by atoms with Gasteiger partial charge < -0.3 is 25.4 Å². The van der Waals surface area contributed by atoms with Crippen LogP contribution in [0.4, 0.5) is 16.3 Å². The molecule has 3 aromatic rings. The first kappa shape index (κ1) is 16.6. The Morgan fingerprint density at radius 2 is 2.04 bits per heavy atom. The summed E-state index contributed by atoms with van der Waals surface area (Å²) in [5.41, 5.74) is 0.629. The first-order valence-electron chi connectivity index (χ1n) is 8.30. The zero-order chi connectivity index (χ0) is 18.5. The fourth-order valence-corrected chi connectivity index (χ4v) is 2.46.